The van der Waals surface area contributed by atoms with E-state index in [-0.39, 0.29) is 23.1 Å². The van der Waals surface area contributed by atoms with Gasteiger partial charge in [-0.05, 0) is 11.5 Å². The number of carbonyl (C=O) groups is 1. The lowest BCUT2D eigenvalue weighted by molar-refractivity contribution is 0.0954. The van der Waals surface area contributed by atoms with Crippen LogP contribution in [0.15, 0.2) is 5.38 Å². The molecule has 1 rings (SSSR count). The highest BCUT2D eigenvalue weighted by Gasteiger charge is 2.07. The van der Waals surface area contributed by atoms with E-state index in [1.165, 1.54) is 0 Å². The van der Waals surface area contributed by atoms with Crippen molar-refractivity contribution in [1.29, 1.82) is 0 Å². The number of aromatic nitrogens is 2. The first-order valence-corrected chi connectivity index (χ1v) is 4.28. The van der Waals surface area contributed by atoms with Crippen LogP contribution in [0.5, 0.6) is 0 Å². The van der Waals surface area contributed by atoms with Crippen LogP contribution in [0, 0.1) is 0 Å². The summed E-state index contributed by atoms with van der Waals surface area (Å²) < 4.78 is 3.54. The highest BCUT2D eigenvalue weighted by Crippen LogP contribution is 1.95. The topological polar surface area (TPSA) is 80.9 Å². The van der Waals surface area contributed by atoms with E-state index in [9.17, 15) is 4.79 Å². The third-order valence-corrected chi connectivity index (χ3v) is 1.66. The molecule has 1 heterocycles. The number of rotatable bonds is 3. The summed E-state index contributed by atoms with van der Waals surface area (Å²) in [5.41, 5.74) is 5.47. The van der Waals surface area contributed by atoms with E-state index in [2.05, 4.69) is 27.1 Å². The van der Waals surface area contributed by atoms with Crippen LogP contribution < -0.4 is 11.1 Å². The predicted molar refractivity (Wildman–Crippen MR) is 49.0 cm³/mol. The first kappa shape index (κ1) is 9.01. The lowest BCUT2D eigenvalue weighted by atomic mass is 10.4. The lowest BCUT2D eigenvalue weighted by Crippen LogP contribution is -2.32. The molecule has 0 radical (unpaired) electrons. The molecule has 0 unspecified atom stereocenters. The Labute approximate surface area is 78.1 Å². The second-order valence-electron chi connectivity index (χ2n) is 1.94. The van der Waals surface area contributed by atoms with Crippen molar-refractivity contribution in [2.45, 2.75) is 0 Å². The van der Waals surface area contributed by atoms with E-state index >= 15 is 0 Å². The van der Waals surface area contributed by atoms with Gasteiger partial charge in [-0.15, -0.1) is 5.10 Å². The van der Waals surface area contributed by atoms with E-state index in [0.29, 0.717) is 0 Å². The summed E-state index contributed by atoms with van der Waals surface area (Å²) in [7, 11) is 0. The van der Waals surface area contributed by atoms with Gasteiger partial charge in [0, 0.05) is 5.38 Å². The zero-order valence-corrected chi connectivity index (χ0v) is 7.61. The van der Waals surface area contributed by atoms with E-state index in [4.69, 9.17) is 5.73 Å². The lowest BCUT2D eigenvalue weighted by Gasteiger charge is -1.98. The van der Waals surface area contributed by atoms with Crippen molar-refractivity contribution >= 4 is 34.6 Å². The summed E-state index contributed by atoms with van der Waals surface area (Å²) in [6, 6.07) is 0. The second kappa shape index (κ2) is 4.07. The van der Waals surface area contributed by atoms with Gasteiger partial charge in [0.25, 0.3) is 5.91 Å². The molecule has 0 aromatic carbocycles. The molecule has 0 atom stereocenters. The number of nitrogens with one attached hydrogen (secondary N) is 1. The minimum absolute atomic E-state index is 0.186. The molecule has 0 fully saturated rings. The van der Waals surface area contributed by atoms with Crippen molar-refractivity contribution in [2.24, 2.45) is 5.73 Å². The molecule has 3 N–H and O–H groups in total. The van der Waals surface area contributed by atoms with Crippen LogP contribution in [0.3, 0.4) is 0 Å². The van der Waals surface area contributed by atoms with E-state index < -0.39 is 0 Å². The third kappa shape index (κ3) is 2.51. The van der Waals surface area contributed by atoms with Crippen LogP contribution in [0.25, 0.3) is 0 Å². The average Bonchev–Trinajstić information content (AvgIpc) is 2.51. The second-order valence-corrected chi connectivity index (χ2v) is 3.07. The largest absolute Gasteiger partial charge is 0.392 e. The Kier molecular flexibility index (Phi) is 3.06. The van der Waals surface area contributed by atoms with Crippen molar-refractivity contribution in [3.8, 4) is 0 Å². The number of thiocarbonyl (C=S) groups is 1. The number of carbonyl (C=O) groups excluding carboxylic acids is 1. The zero-order chi connectivity index (χ0) is 8.97. The Hall–Kier alpha value is -1.08. The first-order valence-electron chi connectivity index (χ1n) is 3.03. The summed E-state index contributed by atoms with van der Waals surface area (Å²) >= 11 is 5.69. The van der Waals surface area contributed by atoms with Gasteiger partial charge in [-0.3, -0.25) is 4.79 Å². The first-order chi connectivity index (χ1) is 5.70. The van der Waals surface area contributed by atoms with Crippen LogP contribution >= 0.6 is 23.8 Å². The summed E-state index contributed by atoms with van der Waals surface area (Å²) in [6.07, 6.45) is 0. The molecule has 0 bridgehead atoms. The molecule has 0 aliphatic rings. The van der Waals surface area contributed by atoms with Gasteiger partial charge in [0.15, 0.2) is 5.69 Å². The molecular weight excluding hydrogens is 196 g/mol. The number of amides is 1. The molecule has 1 aromatic heterocycles. The Morgan fingerprint density at radius 3 is 3.08 bits per heavy atom. The Bertz CT molecular complexity index is 284. The number of nitrogens with zero attached hydrogens (tertiary/aromatic N) is 2. The SMILES string of the molecule is NC(=S)CNC(=O)c1csnn1. The Morgan fingerprint density at radius 2 is 2.58 bits per heavy atom. The predicted octanol–water partition coefficient (Wildman–Crippen LogP) is -0.446. The fraction of sp³-hybridized carbons (Fsp3) is 0.200. The zero-order valence-electron chi connectivity index (χ0n) is 5.98. The van der Waals surface area contributed by atoms with Gasteiger partial charge in [-0.2, -0.15) is 0 Å². The molecule has 0 aliphatic carbocycles. The quantitative estimate of drug-likeness (QED) is 0.649. The van der Waals surface area contributed by atoms with Crippen molar-refractivity contribution < 1.29 is 4.79 Å². The van der Waals surface area contributed by atoms with E-state index in [0.717, 1.165) is 11.5 Å². The van der Waals surface area contributed by atoms with Gasteiger partial charge in [-0.25, -0.2) is 0 Å². The molecule has 64 valence electrons. The fourth-order valence-electron chi connectivity index (χ4n) is 0.522. The molecule has 0 spiro atoms. The van der Waals surface area contributed by atoms with E-state index in [1.807, 2.05) is 0 Å². The third-order valence-electron chi connectivity index (χ3n) is 1.02. The standard InChI is InChI=1S/C5H6N4OS2/c6-4(11)1-7-5(10)3-2-12-9-8-3/h2H,1H2,(H2,6,11)(H,7,10). The molecular formula is C5H6N4OS2. The summed E-state index contributed by atoms with van der Waals surface area (Å²) in [5.74, 6) is -0.309. The molecule has 12 heavy (non-hydrogen) atoms. The van der Waals surface area contributed by atoms with Crippen molar-refractivity contribution in [2.75, 3.05) is 6.54 Å². The van der Waals surface area contributed by atoms with Gasteiger partial charge in [-0.1, -0.05) is 16.7 Å². The summed E-state index contributed by atoms with van der Waals surface area (Å²) in [6.45, 7) is 0.186. The highest BCUT2D eigenvalue weighted by molar-refractivity contribution is 7.80. The van der Waals surface area contributed by atoms with Gasteiger partial charge >= 0.3 is 0 Å². The van der Waals surface area contributed by atoms with Crippen LogP contribution in [0.4, 0.5) is 0 Å². The minimum Gasteiger partial charge on any atom is -0.392 e. The maximum atomic E-state index is 11.1. The normalized spacial score (nSPS) is 9.33. The smallest absolute Gasteiger partial charge is 0.273 e. The highest BCUT2D eigenvalue weighted by atomic mass is 32.1. The molecule has 1 aromatic rings. The summed E-state index contributed by atoms with van der Waals surface area (Å²) in [5, 5.41) is 7.60. The Morgan fingerprint density at radius 1 is 1.83 bits per heavy atom. The maximum absolute atomic E-state index is 11.1. The molecule has 0 saturated heterocycles. The van der Waals surface area contributed by atoms with Crippen LogP contribution in [-0.2, 0) is 0 Å². The van der Waals surface area contributed by atoms with Crippen molar-refractivity contribution in [1.82, 2.24) is 14.9 Å². The van der Waals surface area contributed by atoms with Crippen LogP contribution in [-0.4, -0.2) is 27.0 Å². The average molecular weight is 202 g/mol. The molecule has 7 heteroatoms. The van der Waals surface area contributed by atoms with Crippen molar-refractivity contribution in [3.63, 3.8) is 0 Å². The molecule has 1 amide bonds. The molecule has 0 aliphatic heterocycles. The Balaban J connectivity index is 2.45. The summed E-state index contributed by atoms with van der Waals surface area (Å²) in [4.78, 5) is 11.3. The van der Waals surface area contributed by atoms with Gasteiger partial charge in [0.05, 0.1) is 11.5 Å². The molecule has 5 nitrogen and oxygen atoms in total. The fourth-order valence-corrected chi connectivity index (χ4v) is 1.03. The number of hydrogen-bond acceptors (Lipinski definition) is 5. The van der Waals surface area contributed by atoms with Gasteiger partial charge in [0.2, 0.25) is 0 Å². The monoisotopic (exact) mass is 202 g/mol. The van der Waals surface area contributed by atoms with Gasteiger partial charge < -0.3 is 11.1 Å². The molecule has 0 saturated carbocycles. The van der Waals surface area contributed by atoms with Crippen LogP contribution in [0.1, 0.15) is 10.5 Å². The number of nitrogens with two attached hydrogens (primary N) is 1. The van der Waals surface area contributed by atoms with Crippen molar-refractivity contribution in [3.05, 3.63) is 11.1 Å². The minimum atomic E-state index is -0.309. The van der Waals surface area contributed by atoms with Crippen LogP contribution in [0.2, 0.25) is 0 Å². The maximum Gasteiger partial charge on any atom is 0.273 e. The van der Waals surface area contributed by atoms with Gasteiger partial charge in [0.1, 0.15) is 0 Å². The van der Waals surface area contributed by atoms with E-state index in [1.54, 1.807) is 5.38 Å². The number of hydrogen-bond donors (Lipinski definition) is 2.